The highest BCUT2D eigenvalue weighted by atomic mass is 32.1. The molecule has 4 aromatic rings. The highest BCUT2D eigenvalue weighted by molar-refractivity contribution is 7.16. The maximum atomic E-state index is 13.5. The number of aryl methyl sites for hydroxylation is 1. The zero-order valence-electron chi connectivity index (χ0n) is 22.3. The second-order valence-electron chi connectivity index (χ2n) is 11.2. The lowest BCUT2D eigenvalue weighted by Gasteiger charge is -2.46. The summed E-state index contributed by atoms with van der Waals surface area (Å²) in [7, 11) is 1.95. The van der Waals surface area contributed by atoms with Crippen molar-refractivity contribution in [3.05, 3.63) is 64.8 Å². The minimum atomic E-state index is -0.327. The zero-order chi connectivity index (χ0) is 27.0. The molecule has 1 aliphatic heterocycles. The van der Waals surface area contributed by atoms with E-state index in [0.717, 1.165) is 59.8 Å². The molecule has 39 heavy (non-hydrogen) atoms. The molecule has 2 aliphatic rings. The normalized spacial score (nSPS) is 23.3. The number of thiazole rings is 1. The van der Waals surface area contributed by atoms with Crippen molar-refractivity contribution in [2.45, 2.75) is 51.0 Å². The van der Waals surface area contributed by atoms with Gasteiger partial charge in [-0.1, -0.05) is 19.1 Å². The summed E-state index contributed by atoms with van der Waals surface area (Å²) in [5, 5.41) is 20.8. The number of pyridine rings is 1. The summed E-state index contributed by atoms with van der Waals surface area (Å²) in [6.45, 7) is 5.19. The maximum absolute atomic E-state index is 13.5. The third-order valence-electron chi connectivity index (χ3n) is 8.22. The maximum Gasteiger partial charge on any atom is 0.274 e. The van der Waals surface area contributed by atoms with E-state index in [1.807, 2.05) is 35.9 Å². The Hall–Kier alpha value is -3.68. The lowest BCUT2D eigenvalue weighted by Crippen LogP contribution is -2.44. The van der Waals surface area contributed by atoms with Crippen LogP contribution in [0.5, 0.6) is 0 Å². The first kappa shape index (κ1) is 25.6. The molecule has 1 saturated heterocycles. The molecule has 1 amide bonds. The van der Waals surface area contributed by atoms with E-state index in [1.54, 1.807) is 11.8 Å². The van der Waals surface area contributed by atoms with Gasteiger partial charge in [-0.2, -0.15) is 5.26 Å². The first-order valence-corrected chi connectivity index (χ1v) is 14.4. The number of amides is 1. The van der Waals surface area contributed by atoms with Gasteiger partial charge in [0.05, 0.1) is 17.0 Å². The standard InChI is InChI=1S/C29H32N8OS/c1-19-5-4-10-37(15-19)16-21-11-24(34-27-25(21)31-18-39-27)26(38)33-23-7-3-6-22(12-23)29(13-20(14-29)8-9-30)28-35-32-17-36(28)2/h3,6-7,11-12,17-20H,4-5,8,10,13-16H2,1-2H3,(H,33,38)/t19-,20?,29?/m0/s1. The highest BCUT2D eigenvalue weighted by Crippen LogP contribution is 2.53. The van der Waals surface area contributed by atoms with Crippen molar-refractivity contribution in [2.75, 3.05) is 18.4 Å². The first-order chi connectivity index (χ1) is 18.9. The fourth-order valence-electron chi connectivity index (χ4n) is 6.38. The number of nitrogens with zero attached hydrogens (tertiary/aromatic N) is 7. The predicted octanol–water partition coefficient (Wildman–Crippen LogP) is 4.91. The van der Waals surface area contributed by atoms with Crippen molar-refractivity contribution < 1.29 is 4.79 Å². The summed E-state index contributed by atoms with van der Waals surface area (Å²) in [5.41, 5.74) is 5.59. The number of nitriles is 1. The van der Waals surface area contributed by atoms with Gasteiger partial charge in [-0.05, 0) is 73.4 Å². The van der Waals surface area contributed by atoms with Gasteiger partial charge >= 0.3 is 0 Å². The molecule has 6 rings (SSSR count). The number of aromatic nitrogens is 5. The molecule has 0 radical (unpaired) electrons. The van der Waals surface area contributed by atoms with Gasteiger partial charge in [-0.3, -0.25) is 9.69 Å². The van der Waals surface area contributed by atoms with E-state index in [0.29, 0.717) is 29.6 Å². The Morgan fingerprint density at radius 3 is 2.95 bits per heavy atom. The minimum Gasteiger partial charge on any atom is -0.321 e. The smallest absolute Gasteiger partial charge is 0.274 e. The van der Waals surface area contributed by atoms with Crippen molar-refractivity contribution in [1.82, 2.24) is 29.6 Å². The van der Waals surface area contributed by atoms with Gasteiger partial charge in [0.15, 0.2) is 0 Å². The van der Waals surface area contributed by atoms with E-state index in [2.05, 4.69) is 49.4 Å². The fourth-order valence-corrected chi connectivity index (χ4v) is 7.08. The summed E-state index contributed by atoms with van der Waals surface area (Å²) in [6.07, 6.45) is 6.36. The molecule has 1 atom stereocenters. The summed E-state index contributed by atoms with van der Waals surface area (Å²) >= 11 is 1.46. The number of hydrogen-bond acceptors (Lipinski definition) is 8. The number of benzene rings is 1. The average Bonchev–Trinajstić information content (AvgIpc) is 3.55. The van der Waals surface area contributed by atoms with E-state index in [9.17, 15) is 10.1 Å². The molecule has 0 unspecified atom stereocenters. The number of nitrogens with one attached hydrogen (secondary N) is 1. The Morgan fingerprint density at radius 2 is 2.18 bits per heavy atom. The quantitative estimate of drug-likeness (QED) is 0.354. The van der Waals surface area contributed by atoms with Crippen molar-refractivity contribution in [2.24, 2.45) is 18.9 Å². The van der Waals surface area contributed by atoms with Gasteiger partial charge in [0, 0.05) is 32.2 Å². The number of carbonyl (C=O) groups is 1. The van der Waals surface area contributed by atoms with Crippen LogP contribution in [-0.2, 0) is 19.0 Å². The molecule has 10 heteroatoms. The van der Waals surface area contributed by atoms with Crippen LogP contribution in [0.3, 0.4) is 0 Å². The molecule has 4 heterocycles. The largest absolute Gasteiger partial charge is 0.321 e. The molecule has 3 aromatic heterocycles. The fraction of sp³-hybridized carbons (Fsp3) is 0.448. The van der Waals surface area contributed by atoms with Crippen LogP contribution in [0.15, 0.2) is 42.2 Å². The topological polar surface area (TPSA) is 113 Å². The second-order valence-corrected chi connectivity index (χ2v) is 12.0. The minimum absolute atomic E-state index is 0.237. The van der Waals surface area contributed by atoms with Crippen LogP contribution in [0.25, 0.3) is 10.3 Å². The molecule has 1 aromatic carbocycles. The van der Waals surface area contributed by atoms with E-state index in [4.69, 9.17) is 0 Å². The van der Waals surface area contributed by atoms with Crippen LogP contribution < -0.4 is 5.32 Å². The summed E-state index contributed by atoms with van der Waals surface area (Å²) in [6, 6.07) is 12.2. The van der Waals surface area contributed by atoms with E-state index < -0.39 is 0 Å². The molecule has 200 valence electrons. The number of anilines is 1. The van der Waals surface area contributed by atoms with Crippen LogP contribution in [0, 0.1) is 23.2 Å². The summed E-state index contributed by atoms with van der Waals surface area (Å²) < 4.78 is 1.95. The van der Waals surface area contributed by atoms with Crippen molar-refractivity contribution in [3.8, 4) is 6.07 Å². The van der Waals surface area contributed by atoms with Gasteiger partial charge in [0.1, 0.15) is 28.2 Å². The molecule has 1 N–H and O–H groups in total. The first-order valence-electron chi connectivity index (χ1n) is 13.5. The highest BCUT2D eigenvalue weighted by Gasteiger charge is 2.49. The number of piperidine rings is 1. The average molecular weight is 541 g/mol. The molecular weight excluding hydrogens is 508 g/mol. The molecule has 9 nitrogen and oxygen atoms in total. The Labute approximate surface area is 231 Å². The van der Waals surface area contributed by atoms with Gasteiger partial charge in [0.2, 0.25) is 0 Å². The Balaban J connectivity index is 1.26. The zero-order valence-corrected chi connectivity index (χ0v) is 23.1. The third-order valence-corrected chi connectivity index (χ3v) is 8.94. The SMILES string of the molecule is C[C@H]1CCCN(Cc2cc(C(=O)Nc3cccc(C4(c5nncn5C)CC(CC#N)C4)c3)nc3scnc23)C1. The number of carbonyl (C=O) groups excluding carboxylic acids is 1. The van der Waals surface area contributed by atoms with Gasteiger partial charge < -0.3 is 9.88 Å². The Bertz CT molecular complexity index is 1550. The molecular formula is C29H32N8OS. The van der Waals surface area contributed by atoms with E-state index >= 15 is 0 Å². The van der Waals surface area contributed by atoms with Crippen LogP contribution >= 0.6 is 11.3 Å². The molecule has 2 fully saturated rings. The van der Waals surface area contributed by atoms with Gasteiger partial charge in [-0.25, -0.2) is 9.97 Å². The number of likely N-dealkylation sites (tertiary alicyclic amines) is 1. The Kier molecular flexibility index (Phi) is 6.87. The van der Waals surface area contributed by atoms with E-state index in [-0.39, 0.29) is 11.3 Å². The van der Waals surface area contributed by atoms with Crippen molar-refractivity contribution >= 4 is 33.3 Å². The number of fused-ring (bicyclic) bond motifs is 1. The van der Waals surface area contributed by atoms with Crippen molar-refractivity contribution in [3.63, 3.8) is 0 Å². The summed E-state index contributed by atoms with van der Waals surface area (Å²) in [5.74, 6) is 1.65. The summed E-state index contributed by atoms with van der Waals surface area (Å²) in [4.78, 5) is 25.9. The lowest BCUT2D eigenvalue weighted by molar-refractivity contribution is 0.102. The third kappa shape index (κ3) is 4.92. The van der Waals surface area contributed by atoms with Crippen LogP contribution in [0.4, 0.5) is 5.69 Å². The van der Waals surface area contributed by atoms with Gasteiger partial charge in [-0.15, -0.1) is 21.5 Å². The monoisotopic (exact) mass is 540 g/mol. The van der Waals surface area contributed by atoms with Crippen LogP contribution in [-0.4, -0.2) is 48.6 Å². The number of rotatable bonds is 7. The van der Waals surface area contributed by atoms with Gasteiger partial charge in [0.25, 0.3) is 5.91 Å². The van der Waals surface area contributed by atoms with E-state index in [1.165, 1.54) is 24.2 Å². The van der Waals surface area contributed by atoms with Crippen molar-refractivity contribution in [1.29, 1.82) is 5.26 Å². The van der Waals surface area contributed by atoms with Crippen LogP contribution in [0.2, 0.25) is 0 Å². The predicted molar refractivity (Wildman–Crippen MR) is 150 cm³/mol. The second kappa shape index (κ2) is 10.5. The molecule has 0 spiro atoms. The lowest BCUT2D eigenvalue weighted by atomic mass is 9.57. The molecule has 1 aliphatic carbocycles. The molecule has 1 saturated carbocycles. The Morgan fingerprint density at radius 1 is 1.31 bits per heavy atom. The van der Waals surface area contributed by atoms with Crippen LogP contribution in [0.1, 0.15) is 66.5 Å². The number of hydrogen-bond donors (Lipinski definition) is 1. The molecule has 0 bridgehead atoms.